The van der Waals surface area contributed by atoms with E-state index in [9.17, 15) is 17.6 Å². The zero-order chi connectivity index (χ0) is 11.8. The number of alkyl halides is 3. The van der Waals surface area contributed by atoms with Gasteiger partial charge in [-0.05, 0) is 19.1 Å². The molecule has 1 nitrogen and oxygen atoms in total. The summed E-state index contributed by atoms with van der Waals surface area (Å²) in [5.74, 6) is -0.903. The minimum absolute atomic E-state index is 0.241. The number of rotatable bonds is 1. The highest BCUT2D eigenvalue weighted by molar-refractivity contribution is 6.30. The molecule has 0 unspecified atom stereocenters. The normalized spacial score (nSPS) is 14.1. The lowest BCUT2D eigenvalue weighted by molar-refractivity contribution is -0.137. The molecule has 1 aromatic rings. The van der Waals surface area contributed by atoms with Gasteiger partial charge in [-0.1, -0.05) is 11.6 Å². The van der Waals surface area contributed by atoms with Crippen LogP contribution >= 0.6 is 11.6 Å². The van der Waals surface area contributed by atoms with Crippen molar-refractivity contribution in [2.75, 3.05) is 0 Å². The number of nitrogens with two attached hydrogens (primary N) is 1. The van der Waals surface area contributed by atoms with Gasteiger partial charge in [-0.15, -0.1) is 0 Å². The van der Waals surface area contributed by atoms with Crippen molar-refractivity contribution in [3.05, 3.63) is 34.1 Å². The molecule has 84 valence electrons. The third-order valence-corrected chi connectivity index (χ3v) is 2.15. The van der Waals surface area contributed by atoms with Gasteiger partial charge >= 0.3 is 6.18 Å². The van der Waals surface area contributed by atoms with Gasteiger partial charge in [0.25, 0.3) is 0 Å². The van der Waals surface area contributed by atoms with Gasteiger partial charge in [0.05, 0.1) is 10.6 Å². The van der Waals surface area contributed by atoms with E-state index in [0.717, 1.165) is 0 Å². The topological polar surface area (TPSA) is 26.0 Å². The predicted molar refractivity (Wildman–Crippen MR) is 49.0 cm³/mol. The van der Waals surface area contributed by atoms with E-state index in [4.69, 9.17) is 17.3 Å². The molecule has 1 aromatic carbocycles. The van der Waals surface area contributed by atoms with Gasteiger partial charge in [0.15, 0.2) is 0 Å². The molecular formula is C9H8ClF4N. The summed E-state index contributed by atoms with van der Waals surface area (Å²) in [4.78, 5) is 0. The van der Waals surface area contributed by atoms with E-state index in [1.54, 1.807) is 0 Å². The summed E-state index contributed by atoms with van der Waals surface area (Å²) in [6.07, 6.45) is -4.55. The lowest BCUT2D eigenvalue weighted by Crippen LogP contribution is -2.12. The summed E-state index contributed by atoms with van der Waals surface area (Å²) in [6.45, 7) is 1.38. The Hall–Kier alpha value is -0.810. The fourth-order valence-corrected chi connectivity index (χ4v) is 1.33. The smallest absolute Gasteiger partial charge is 0.324 e. The van der Waals surface area contributed by atoms with E-state index in [1.807, 2.05) is 0 Å². The highest BCUT2D eigenvalue weighted by Crippen LogP contribution is 2.34. The highest BCUT2D eigenvalue weighted by atomic mass is 35.5. The summed E-state index contributed by atoms with van der Waals surface area (Å²) in [6, 6.07) is 0.374. The second-order valence-corrected chi connectivity index (χ2v) is 3.55. The van der Waals surface area contributed by atoms with Gasteiger partial charge < -0.3 is 5.73 Å². The molecule has 0 radical (unpaired) electrons. The van der Waals surface area contributed by atoms with Crippen LogP contribution in [0, 0.1) is 5.82 Å². The average Bonchev–Trinajstić information content (AvgIpc) is 2.06. The minimum atomic E-state index is -4.55. The van der Waals surface area contributed by atoms with Gasteiger partial charge in [-0.25, -0.2) is 4.39 Å². The minimum Gasteiger partial charge on any atom is -0.324 e. The summed E-state index contributed by atoms with van der Waals surface area (Å²) < 4.78 is 50.2. The largest absolute Gasteiger partial charge is 0.416 e. The Bertz CT molecular complexity index is 373. The molecule has 0 spiro atoms. The Morgan fingerprint density at radius 1 is 1.33 bits per heavy atom. The van der Waals surface area contributed by atoms with Crippen molar-refractivity contribution in [2.45, 2.75) is 19.1 Å². The van der Waals surface area contributed by atoms with Crippen LogP contribution in [0.4, 0.5) is 17.6 Å². The van der Waals surface area contributed by atoms with Gasteiger partial charge in [-0.3, -0.25) is 0 Å². The quantitative estimate of drug-likeness (QED) is 0.748. The highest BCUT2D eigenvalue weighted by Gasteiger charge is 2.32. The second-order valence-electron chi connectivity index (χ2n) is 3.15. The van der Waals surface area contributed by atoms with Crippen molar-refractivity contribution in [3.63, 3.8) is 0 Å². The number of hydrogen-bond donors (Lipinski definition) is 1. The van der Waals surface area contributed by atoms with E-state index in [1.165, 1.54) is 6.92 Å². The first-order chi connectivity index (χ1) is 6.73. The Kier molecular flexibility index (Phi) is 3.25. The Labute approximate surface area is 88.8 Å². The SMILES string of the molecule is C[C@H](N)c1cc(C(F)(F)F)cc(Cl)c1F. The third kappa shape index (κ3) is 2.60. The molecule has 1 atom stereocenters. The molecule has 0 aliphatic carbocycles. The van der Waals surface area contributed by atoms with Gasteiger partial charge in [0.1, 0.15) is 5.82 Å². The van der Waals surface area contributed by atoms with E-state index < -0.39 is 28.6 Å². The van der Waals surface area contributed by atoms with Crippen LogP contribution in [0.15, 0.2) is 12.1 Å². The molecule has 0 aliphatic rings. The first-order valence-corrected chi connectivity index (χ1v) is 4.43. The zero-order valence-corrected chi connectivity index (χ0v) is 8.46. The van der Waals surface area contributed by atoms with Crippen LogP contribution in [0.1, 0.15) is 24.1 Å². The van der Waals surface area contributed by atoms with E-state index >= 15 is 0 Å². The van der Waals surface area contributed by atoms with Crippen molar-refractivity contribution < 1.29 is 17.6 Å². The molecule has 0 bridgehead atoms. The molecule has 0 amide bonds. The molecule has 0 saturated carbocycles. The molecule has 0 aromatic heterocycles. The lowest BCUT2D eigenvalue weighted by Gasteiger charge is -2.13. The van der Waals surface area contributed by atoms with Crippen LogP contribution in [0.3, 0.4) is 0 Å². The van der Waals surface area contributed by atoms with Crippen molar-refractivity contribution in [2.24, 2.45) is 5.73 Å². The van der Waals surface area contributed by atoms with Crippen LogP contribution in [0.5, 0.6) is 0 Å². The molecule has 0 heterocycles. The number of benzene rings is 1. The summed E-state index contributed by atoms with van der Waals surface area (Å²) >= 11 is 5.34. The fourth-order valence-electron chi connectivity index (χ4n) is 1.11. The zero-order valence-electron chi connectivity index (χ0n) is 7.70. The molecule has 0 saturated heterocycles. The van der Waals surface area contributed by atoms with Gasteiger partial charge in [0, 0.05) is 11.6 Å². The first-order valence-electron chi connectivity index (χ1n) is 4.05. The summed E-state index contributed by atoms with van der Waals surface area (Å²) in [5, 5.41) is -0.572. The monoisotopic (exact) mass is 241 g/mol. The molecule has 0 fully saturated rings. The second kappa shape index (κ2) is 3.98. The molecule has 1 rings (SSSR count). The first kappa shape index (κ1) is 12.3. The van der Waals surface area contributed by atoms with Crippen molar-refractivity contribution in [1.82, 2.24) is 0 Å². The van der Waals surface area contributed by atoms with Crippen LogP contribution < -0.4 is 5.73 Å². The Balaban J connectivity index is 3.36. The molecule has 2 N–H and O–H groups in total. The lowest BCUT2D eigenvalue weighted by atomic mass is 10.0. The van der Waals surface area contributed by atoms with Crippen molar-refractivity contribution in [3.8, 4) is 0 Å². The van der Waals surface area contributed by atoms with Crippen LogP contribution in [-0.4, -0.2) is 0 Å². The van der Waals surface area contributed by atoms with E-state index in [0.29, 0.717) is 12.1 Å². The summed E-state index contributed by atoms with van der Waals surface area (Å²) in [5.41, 5.74) is 4.09. The van der Waals surface area contributed by atoms with E-state index in [-0.39, 0.29) is 5.56 Å². The average molecular weight is 242 g/mol. The predicted octanol–water partition coefficient (Wildman–Crippen LogP) is 3.52. The number of halogens is 5. The van der Waals surface area contributed by atoms with Crippen molar-refractivity contribution >= 4 is 11.6 Å². The Morgan fingerprint density at radius 3 is 2.27 bits per heavy atom. The van der Waals surface area contributed by atoms with Crippen LogP contribution in [0.2, 0.25) is 5.02 Å². The van der Waals surface area contributed by atoms with Gasteiger partial charge in [-0.2, -0.15) is 13.2 Å². The van der Waals surface area contributed by atoms with E-state index in [2.05, 4.69) is 0 Å². The molecule has 6 heteroatoms. The van der Waals surface area contributed by atoms with Crippen molar-refractivity contribution in [1.29, 1.82) is 0 Å². The number of hydrogen-bond acceptors (Lipinski definition) is 1. The molecular weight excluding hydrogens is 234 g/mol. The Morgan fingerprint density at radius 2 is 1.87 bits per heavy atom. The standard InChI is InChI=1S/C9H8ClF4N/c1-4(15)6-2-5(9(12,13)14)3-7(10)8(6)11/h2-4H,15H2,1H3/t4-/m0/s1. The molecule has 0 aliphatic heterocycles. The van der Waals surface area contributed by atoms with Gasteiger partial charge in [0.2, 0.25) is 0 Å². The maximum atomic E-state index is 13.2. The third-order valence-electron chi connectivity index (χ3n) is 1.87. The summed E-state index contributed by atoms with van der Waals surface area (Å²) in [7, 11) is 0. The maximum Gasteiger partial charge on any atom is 0.416 e. The molecule has 15 heavy (non-hydrogen) atoms. The van der Waals surface area contributed by atoms with Crippen LogP contribution in [-0.2, 0) is 6.18 Å². The fraction of sp³-hybridized carbons (Fsp3) is 0.333. The maximum absolute atomic E-state index is 13.2. The van der Waals surface area contributed by atoms with Crippen LogP contribution in [0.25, 0.3) is 0 Å².